The molecule has 6 N–H and O–H groups in total. The van der Waals surface area contributed by atoms with Crippen LogP contribution >= 0.6 is 22.6 Å². The minimum Gasteiger partial charge on any atom is -0.368 e. The van der Waals surface area contributed by atoms with E-state index in [0.29, 0.717) is 12.1 Å². The Labute approximate surface area is 173 Å². The summed E-state index contributed by atoms with van der Waals surface area (Å²) in [6.45, 7) is 1.79. The van der Waals surface area contributed by atoms with Gasteiger partial charge in [0.15, 0.2) is 11.5 Å². The monoisotopic (exact) mass is 495 g/mol. The molecule has 0 spiro atoms. The van der Waals surface area contributed by atoms with Gasteiger partial charge in [0.2, 0.25) is 11.9 Å². The molecule has 0 aliphatic heterocycles. The average molecular weight is 495 g/mol. The Balaban J connectivity index is 1.97. The quantitative estimate of drug-likeness (QED) is 0.351. The lowest BCUT2D eigenvalue weighted by Crippen LogP contribution is -2.35. The first-order valence-corrected chi connectivity index (χ1v) is 9.37. The maximum absolute atomic E-state index is 11.7. The second-order valence-corrected chi connectivity index (χ2v) is 7.00. The Kier molecular flexibility index (Phi) is 5.58. The number of benzene rings is 1. The van der Waals surface area contributed by atoms with Crippen molar-refractivity contribution in [2.75, 3.05) is 10.6 Å². The van der Waals surface area contributed by atoms with Crippen LogP contribution in [0.1, 0.15) is 23.8 Å². The number of nitrogens with two attached hydrogens (primary N) is 2. The number of nitrogens with zero attached hydrogens (tertiary/aromatic N) is 5. The predicted octanol–water partition coefficient (Wildman–Crippen LogP) is 0.881. The number of aromatic nitrogens is 5. The Morgan fingerprint density at radius 2 is 2.04 bits per heavy atom. The Bertz CT molecular complexity index is 1070. The summed E-state index contributed by atoms with van der Waals surface area (Å²) in [7, 11) is 1.84. The lowest BCUT2D eigenvalue weighted by molar-refractivity contribution is -0.118. The minimum absolute atomic E-state index is 0.0503. The van der Waals surface area contributed by atoms with Crippen LogP contribution in [0.4, 0.5) is 17.5 Å². The van der Waals surface area contributed by atoms with Crippen molar-refractivity contribution in [3.05, 3.63) is 27.6 Å². The lowest BCUT2D eigenvalue weighted by atomic mass is 10.2. The van der Waals surface area contributed by atoms with Gasteiger partial charge in [-0.2, -0.15) is 10.1 Å². The molecule has 3 aromatic rings. The van der Waals surface area contributed by atoms with Gasteiger partial charge in [0.05, 0.1) is 5.52 Å². The molecule has 1 aromatic carbocycles. The second kappa shape index (κ2) is 7.92. The number of halogens is 1. The summed E-state index contributed by atoms with van der Waals surface area (Å²) >= 11 is 2.16. The molecule has 0 saturated heterocycles. The average Bonchev–Trinajstić information content (AvgIpc) is 2.93. The van der Waals surface area contributed by atoms with Crippen LogP contribution in [0, 0.1) is 3.70 Å². The van der Waals surface area contributed by atoms with Gasteiger partial charge in [0.1, 0.15) is 9.74 Å². The van der Waals surface area contributed by atoms with Gasteiger partial charge in [0.25, 0.3) is 5.91 Å². The fourth-order valence-corrected chi connectivity index (χ4v) is 3.38. The van der Waals surface area contributed by atoms with Gasteiger partial charge >= 0.3 is 0 Å². The van der Waals surface area contributed by atoms with E-state index < -0.39 is 17.9 Å². The Hall–Kier alpha value is -3.03. The molecule has 2 aromatic heterocycles. The van der Waals surface area contributed by atoms with Crippen LogP contribution in [-0.4, -0.2) is 42.8 Å². The van der Waals surface area contributed by atoms with E-state index in [2.05, 4.69) is 53.5 Å². The molecule has 1 atom stereocenters. The molecule has 2 heterocycles. The number of fused-ring (bicyclic) bond motifs is 1. The van der Waals surface area contributed by atoms with Gasteiger partial charge in [-0.25, -0.2) is 0 Å². The largest absolute Gasteiger partial charge is 0.368 e. The van der Waals surface area contributed by atoms with Crippen molar-refractivity contribution in [1.82, 2.24) is 25.0 Å². The zero-order valence-electron chi connectivity index (χ0n) is 15.1. The molecule has 146 valence electrons. The highest BCUT2D eigenvalue weighted by atomic mass is 127. The standard InChI is InChI=1S/C16H18IN9O2/c1-3-9(13(18)27)21-16-22-15(11(14(19)28)23-24-16)20-7-4-5-8-10(6-7)26(2)25-12(8)17/h4-6,9H,3H2,1-2H3,(H2,18,27)(H2,19,28)(H2,20,21,22,24)/t9-/m1/s1. The van der Waals surface area contributed by atoms with E-state index in [1.54, 1.807) is 11.6 Å². The Morgan fingerprint density at radius 3 is 2.68 bits per heavy atom. The van der Waals surface area contributed by atoms with Crippen LogP contribution in [-0.2, 0) is 11.8 Å². The molecule has 0 aliphatic carbocycles. The SMILES string of the molecule is CC[C@@H](Nc1nnc(C(N)=O)c(Nc2ccc3c(I)nn(C)c3c2)n1)C(N)=O. The molecule has 0 saturated carbocycles. The first-order valence-electron chi connectivity index (χ1n) is 8.29. The molecule has 0 aliphatic rings. The maximum Gasteiger partial charge on any atom is 0.273 e. The van der Waals surface area contributed by atoms with Crippen molar-refractivity contribution >= 4 is 62.8 Å². The molecule has 0 radical (unpaired) electrons. The number of anilines is 3. The van der Waals surface area contributed by atoms with E-state index in [9.17, 15) is 9.59 Å². The molecular weight excluding hydrogens is 477 g/mol. The summed E-state index contributed by atoms with van der Waals surface area (Å²) in [5.74, 6) is -1.17. The third kappa shape index (κ3) is 3.95. The van der Waals surface area contributed by atoms with Crippen molar-refractivity contribution in [2.24, 2.45) is 18.5 Å². The topological polar surface area (TPSA) is 167 Å². The highest BCUT2D eigenvalue weighted by molar-refractivity contribution is 14.1. The van der Waals surface area contributed by atoms with Gasteiger partial charge in [-0.15, -0.1) is 10.2 Å². The molecule has 12 heteroatoms. The highest BCUT2D eigenvalue weighted by Crippen LogP contribution is 2.25. The van der Waals surface area contributed by atoms with Gasteiger partial charge in [0, 0.05) is 18.1 Å². The van der Waals surface area contributed by atoms with Crippen molar-refractivity contribution in [1.29, 1.82) is 0 Å². The molecule has 0 fully saturated rings. The third-order valence-electron chi connectivity index (χ3n) is 4.04. The molecule has 28 heavy (non-hydrogen) atoms. The molecule has 2 amide bonds. The van der Waals surface area contributed by atoms with E-state index in [-0.39, 0.29) is 17.5 Å². The van der Waals surface area contributed by atoms with Gasteiger partial charge < -0.3 is 22.1 Å². The summed E-state index contributed by atoms with van der Waals surface area (Å²) in [5, 5.41) is 18.8. The third-order valence-corrected chi connectivity index (χ3v) is 4.84. The predicted molar refractivity (Wildman–Crippen MR) is 112 cm³/mol. The van der Waals surface area contributed by atoms with Crippen LogP contribution < -0.4 is 22.1 Å². The van der Waals surface area contributed by atoms with E-state index in [0.717, 1.165) is 14.6 Å². The number of rotatable bonds is 7. The molecule has 3 rings (SSSR count). The van der Waals surface area contributed by atoms with Crippen molar-refractivity contribution in [3.8, 4) is 0 Å². The molecule has 0 bridgehead atoms. The van der Waals surface area contributed by atoms with Crippen molar-refractivity contribution in [2.45, 2.75) is 19.4 Å². The van der Waals surface area contributed by atoms with Crippen LogP contribution in [0.15, 0.2) is 18.2 Å². The maximum atomic E-state index is 11.7. The number of carbonyl (C=O) groups excluding carboxylic acids is 2. The summed E-state index contributed by atoms with van der Waals surface area (Å²) in [5.41, 5.74) is 12.1. The number of aryl methyl sites for hydroxylation is 1. The summed E-state index contributed by atoms with van der Waals surface area (Å²) in [6, 6.07) is 4.93. The number of hydrogen-bond donors (Lipinski definition) is 4. The Morgan fingerprint density at radius 1 is 1.29 bits per heavy atom. The number of carbonyl (C=O) groups is 2. The van der Waals surface area contributed by atoms with Crippen molar-refractivity contribution in [3.63, 3.8) is 0 Å². The number of hydrogen-bond acceptors (Lipinski definition) is 8. The highest BCUT2D eigenvalue weighted by Gasteiger charge is 2.19. The zero-order valence-corrected chi connectivity index (χ0v) is 17.3. The molecular formula is C16H18IN9O2. The van der Waals surface area contributed by atoms with E-state index in [4.69, 9.17) is 11.5 Å². The van der Waals surface area contributed by atoms with Crippen molar-refractivity contribution < 1.29 is 9.59 Å². The van der Waals surface area contributed by atoms with E-state index >= 15 is 0 Å². The van der Waals surface area contributed by atoms with Crippen LogP contribution in [0.3, 0.4) is 0 Å². The summed E-state index contributed by atoms with van der Waals surface area (Å²) in [6.07, 6.45) is 0.439. The molecule has 11 nitrogen and oxygen atoms in total. The fraction of sp³-hybridized carbons (Fsp3) is 0.250. The zero-order chi connectivity index (χ0) is 20.4. The second-order valence-electron chi connectivity index (χ2n) is 5.98. The first kappa shape index (κ1) is 19.7. The summed E-state index contributed by atoms with van der Waals surface area (Å²) in [4.78, 5) is 27.4. The number of nitrogens with one attached hydrogen (secondary N) is 2. The summed E-state index contributed by atoms with van der Waals surface area (Å²) < 4.78 is 2.63. The van der Waals surface area contributed by atoms with Gasteiger partial charge in [-0.3, -0.25) is 14.3 Å². The van der Waals surface area contributed by atoms with Crippen LogP contribution in [0.25, 0.3) is 10.9 Å². The van der Waals surface area contributed by atoms with Gasteiger partial charge in [-0.1, -0.05) is 6.92 Å². The van der Waals surface area contributed by atoms with Crippen LogP contribution in [0.2, 0.25) is 0 Å². The normalized spacial score (nSPS) is 12.0. The lowest BCUT2D eigenvalue weighted by Gasteiger charge is -2.14. The fourth-order valence-electron chi connectivity index (χ4n) is 2.60. The van der Waals surface area contributed by atoms with E-state index in [1.807, 2.05) is 25.2 Å². The number of primary amides is 2. The molecule has 0 unspecified atom stereocenters. The smallest absolute Gasteiger partial charge is 0.273 e. The number of amides is 2. The minimum atomic E-state index is -0.785. The van der Waals surface area contributed by atoms with E-state index in [1.165, 1.54) is 0 Å². The first-order chi connectivity index (χ1) is 13.3. The van der Waals surface area contributed by atoms with Gasteiger partial charge in [-0.05, 0) is 47.2 Å². The van der Waals surface area contributed by atoms with Crippen LogP contribution in [0.5, 0.6) is 0 Å².